The molecule has 3 aromatic rings. The summed E-state index contributed by atoms with van der Waals surface area (Å²) in [5.74, 6) is -1.39. The molecule has 3 aliphatic rings. The van der Waals surface area contributed by atoms with Gasteiger partial charge in [0.1, 0.15) is 18.7 Å². The molecule has 188 valence electrons. The second kappa shape index (κ2) is 9.39. The standard InChI is InChI=1S/C30H28N2O5/c33-28-26(16-20-14-19(18-8-2-1-3-9-18)15-27(29(34)35)32(20)28)31-30(36)37-17-25-23-12-6-4-10-21(23)22-11-5-7-13-24(22)25/h1-13,19-20,25-27H,14-17H2,(H,31,36)(H,34,35)/t19-,20-,26+,27+/m1/s1. The lowest BCUT2D eigenvalue weighted by Crippen LogP contribution is -2.52. The highest BCUT2D eigenvalue weighted by Crippen LogP contribution is 2.44. The van der Waals surface area contributed by atoms with Crippen molar-refractivity contribution in [3.63, 3.8) is 0 Å². The highest BCUT2D eigenvalue weighted by atomic mass is 16.5. The van der Waals surface area contributed by atoms with E-state index in [1.54, 1.807) is 0 Å². The minimum atomic E-state index is -1.01. The van der Waals surface area contributed by atoms with Crippen molar-refractivity contribution in [1.29, 1.82) is 0 Å². The normalized spacial score (nSPS) is 24.2. The molecule has 4 atom stereocenters. The Bertz CT molecular complexity index is 1310. The third kappa shape index (κ3) is 4.14. The summed E-state index contributed by atoms with van der Waals surface area (Å²) in [7, 11) is 0. The van der Waals surface area contributed by atoms with Gasteiger partial charge in [0, 0.05) is 12.0 Å². The summed E-state index contributed by atoms with van der Waals surface area (Å²) >= 11 is 0. The van der Waals surface area contributed by atoms with E-state index in [0.29, 0.717) is 19.3 Å². The van der Waals surface area contributed by atoms with Crippen LogP contribution in [0.15, 0.2) is 78.9 Å². The SMILES string of the molecule is O=C(N[C@H]1C[C@H]2C[C@@H](c3ccccc3)C[C@@H](C(=O)O)N2C1=O)OCC1c2ccccc2-c2ccccc21. The first-order valence-electron chi connectivity index (χ1n) is 12.7. The Hall–Kier alpha value is -4.13. The second-order valence-corrected chi connectivity index (χ2v) is 10.1. The van der Waals surface area contributed by atoms with Gasteiger partial charge >= 0.3 is 12.1 Å². The van der Waals surface area contributed by atoms with Gasteiger partial charge in [-0.05, 0) is 53.0 Å². The predicted octanol–water partition coefficient (Wildman–Crippen LogP) is 4.53. The van der Waals surface area contributed by atoms with Crippen molar-refractivity contribution in [2.24, 2.45) is 0 Å². The topological polar surface area (TPSA) is 95.9 Å². The molecule has 0 spiro atoms. The van der Waals surface area contributed by atoms with Crippen molar-refractivity contribution in [2.45, 2.75) is 49.2 Å². The molecule has 2 fully saturated rings. The number of ether oxygens (including phenoxy) is 1. The monoisotopic (exact) mass is 496 g/mol. The Balaban J connectivity index is 1.14. The number of nitrogens with zero attached hydrogens (tertiary/aromatic N) is 1. The molecule has 2 N–H and O–H groups in total. The molecule has 2 heterocycles. The number of hydrogen-bond acceptors (Lipinski definition) is 4. The van der Waals surface area contributed by atoms with Gasteiger partial charge in [0.15, 0.2) is 0 Å². The van der Waals surface area contributed by atoms with Gasteiger partial charge in [0.05, 0.1) is 0 Å². The third-order valence-corrected chi connectivity index (χ3v) is 8.05. The fourth-order valence-electron chi connectivity index (χ4n) is 6.39. The van der Waals surface area contributed by atoms with Crippen molar-refractivity contribution in [3.05, 3.63) is 95.6 Å². The van der Waals surface area contributed by atoms with Crippen LogP contribution >= 0.6 is 0 Å². The lowest BCUT2D eigenvalue weighted by Gasteiger charge is -2.39. The number of alkyl carbamates (subject to hydrolysis) is 1. The number of carbonyl (C=O) groups excluding carboxylic acids is 2. The number of hydrogen-bond donors (Lipinski definition) is 2. The molecule has 0 unspecified atom stereocenters. The van der Waals surface area contributed by atoms with Crippen LogP contribution in [0, 0.1) is 0 Å². The fraction of sp³-hybridized carbons (Fsp3) is 0.300. The van der Waals surface area contributed by atoms with Gasteiger partial charge in [0.25, 0.3) is 0 Å². The summed E-state index contributed by atoms with van der Waals surface area (Å²) in [6, 6.07) is 24.1. The molecule has 1 aliphatic carbocycles. The van der Waals surface area contributed by atoms with Gasteiger partial charge in [-0.1, -0.05) is 78.9 Å². The Labute approximate surface area is 215 Å². The van der Waals surface area contributed by atoms with Gasteiger partial charge in [-0.2, -0.15) is 0 Å². The van der Waals surface area contributed by atoms with E-state index < -0.39 is 24.1 Å². The van der Waals surface area contributed by atoms with E-state index in [1.807, 2.05) is 54.6 Å². The van der Waals surface area contributed by atoms with Crippen LogP contribution in [0.5, 0.6) is 0 Å². The minimum Gasteiger partial charge on any atom is -0.480 e. The quantitative estimate of drug-likeness (QED) is 0.541. The Morgan fingerprint density at radius 1 is 0.865 bits per heavy atom. The van der Waals surface area contributed by atoms with E-state index in [2.05, 4.69) is 29.6 Å². The molecule has 0 saturated carbocycles. The van der Waals surface area contributed by atoms with Crippen molar-refractivity contribution in [1.82, 2.24) is 10.2 Å². The molecule has 37 heavy (non-hydrogen) atoms. The predicted molar refractivity (Wildman–Crippen MR) is 137 cm³/mol. The zero-order valence-electron chi connectivity index (χ0n) is 20.2. The zero-order chi connectivity index (χ0) is 25.5. The first-order chi connectivity index (χ1) is 18.0. The van der Waals surface area contributed by atoms with Crippen LogP contribution in [0.1, 0.15) is 47.8 Å². The molecule has 7 heteroatoms. The van der Waals surface area contributed by atoms with Gasteiger partial charge in [0.2, 0.25) is 5.91 Å². The lowest BCUT2D eigenvalue weighted by atomic mass is 9.82. The number of piperidine rings is 1. The van der Waals surface area contributed by atoms with Crippen LogP contribution in [0.25, 0.3) is 11.1 Å². The van der Waals surface area contributed by atoms with E-state index >= 15 is 0 Å². The smallest absolute Gasteiger partial charge is 0.407 e. The van der Waals surface area contributed by atoms with Gasteiger partial charge in [-0.25, -0.2) is 9.59 Å². The summed E-state index contributed by atoms with van der Waals surface area (Å²) in [5.41, 5.74) is 5.59. The largest absolute Gasteiger partial charge is 0.480 e. The number of benzene rings is 3. The summed E-state index contributed by atoms with van der Waals surface area (Å²) in [6.45, 7) is 0.155. The summed E-state index contributed by atoms with van der Waals surface area (Å²) < 4.78 is 5.63. The molecule has 2 saturated heterocycles. The van der Waals surface area contributed by atoms with Crippen LogP contribution in [0.3, 0.4) is 0 Å². The number of amides is 2. The lowest BCUT2D eigenvalue weighted by molar-refractivity contribution is -0.152. The van der Waals surface area contributed by atoms with Gasteiger partial charge < -0.3 is 20.1 Å². The zero-order valence-corrected chi connectivity index (χ0v) is 20.2. The van der Waals surface area contributed by atoms with E-state index in [0.717, 1.165) is 27.8 Å². The van der Waals surface area contributed by atoms with Crippen LogP contribution in [-0.4, -0.2) is 52.7 Å². The average molecular weight is 497 g/mol. The number of carbonyl (C=O) groups is 3. The van der Waals surface area contributed by atoms with Crippen molar-refractivity contribution < 1.29 is 24.2 Å². The number of carboxylic acids is 1. The van der Waals surface area contributed by atoms with E-state index in [4.69, 9.17) is 4.74 Å². The molecule has 2 amide bonds. The molecule has 0 bridgehead atoms. The maximum atomic E-state index is 13.2. The molecular weight excluding hydrogens is 468 g/mol. The van der Waals surface area contributed by atoms with E-state index in [1.165, 1.54) is 4.90 Å². The Morgan fingerprint density at radius 2 is 1.49 bits per heavy atom. The summed E-state index contributed by atoms with van der Waals surface area (Å²) in [6.07, 6.45) is 0.740. The Morgan fingerprint density at radius 3 is 2.14 bits per heavy atom. The summed E-state index contributed by atoms with van der Waals surface area (Å²) in [4.78, 5) is 39.6. The maximum absolute atomic E-state index is 13.2. The van der Waals surface area contributed by atoms with E-state index in [9.17, 15) is 19.5 Å². The van der Waals surface area contributed by atoms with Gasteiger partial charge in [-0.3, -0.25) is 4.79 Å². The molecule has 2 aliphatic heterocycles. The highest BCUT2D eigenvalue weighted by Gasteiger charge is 2.50. The van der Waals surface area contributed by atoms with Crippen LogP contribution < -0.4 is 5.32 Å². The highest BCUT2D eigenvalue weighted by molar-refractivity contribution is 5.92. The molecule has 3 aromatic carbocycles. The number of aliphatic carboxylic acids is 1. The molecular formula is C30H28N2O5. The first-order valence-corrected chi connectivity index (χ1v) is 12.7. The second-order valence-electron chi connectivity index (χ2n) is 10.1. The minimum absolute atomic E-state index is 0.0459. The molecule has 0 aromatic heterocycles. The first kappa shape index (κ1) is 23.3. The number of nitrogens with one attached hydrogen (secondary N) is 1. The van der Waals surface area contributed by atoms with Crippen LogP contribution in [0.4, 0.5) is 4.79 Å². The van der Waals surface area contributed by atoms with Crippen molar-refractivity contribution in [3.8, 4) is 11.1 Å². The van der Waals surface area contributed by atoms with Gasteiger partial charge in [-0.15, -0.1) is 0 Å². The maximum Gasteiger partial charge on any atom is 0.407 e. The fourth-order valence-corrected chi connectivity index (χ4v) is 6.39. The number of rotatable bonds is 5. The molecule has 0 radical (unpaired) electrons. The summed E-state index contributed by atoms with van der Waals surface area (Å²) in [5, 5.41) is 12.6. The average Bonchev–Trinajstić information content (AvgIpc) is 3.41. The van der Waals surface area contributed by atoms with E-state index in [-0.39, 0.29) is 30.4 Å². The molecule has 6 rings (SSSR count). The van der Waals surface area contributed by atoms with Crippen LogP contribution in [0.2, 0.25) is 0 Å². The number of carboxylic acid groups (broad SMARTS) is 1. The van der Waals surface area contributed by atoms with Crippen molar-refractivity contribution >= 4 is 18.0 Å². The Kier molecular flexibility index (Phi) is 5.91. The van der Waals surface area contributed by atoms with Crippen LogP contribution in [-0.2, 0) is 14.3 Å². The third-order valence-electron chi connectivity index (χ3n) is 8.05. The number of fused-ring (bicyclic) bond motifs is 4. The molecule has 7 nitrogen and oxygen atoms in total. The van der Waals surface area contributed by atoms with Crippen molar-refractivity contribution in [2.75, 3.05) is 6.61 Å².